The van der Waals surface area contributed by atoms with Crippen molar-refractivity contribution >= 4 is 0 Å². The summed E-state index contributed by atoms with van der Waals surface area (Å²) in [5, 5.41) is 0. The molecule has 0 aromatic carbocycles. The summed E-state index contributed by atoms with van der Waals surface area (Å²) < 4.78 is 15.3. The Morgan fingerprint density at radius 1 is 1.08 bits per heavy atom. The van der Waals surface area contributed by atoms with E-state index < -0.39 is 0 Å². The van der Waals surface area contributed by atoms with Crippen LogP contribution in [0.4, 0.5) is 0 Å². The molecule has 0 fully saturated rings. The average Bonchev–Trinajstić information content (AvgIpc) is 2.18. The summed E-state index contributed by atoms with van der Waals surface area (Å²) in [6, 6.07) is 0. The van der Waals surface area contributed by atoms with E-state index in [1.54, 1.807) is 33.5 Å². The molecule has 0 bridgehead atoms. The highest BCUT2D eigenvalue weighted by molar-refractivity contribution is 5.28. The number of hydrogen-bond acceptors (Lipinski definition) is 3. The lowest BCUT2D eigenvalue weighted by Crippen LogP contribution is -2.00. The van der Waals surface area contributed by atoms with Crippen molar-refractivity contribution < 1.29 is 14.2 Å². The third kappa shape index (κ3) is 2.86. The number of allylic oxidation sites excluding steroid dienone is 2. The fourth-order valence-corrected chi connectivity index (χ4v) is 0.933. The predicted octanol–water partition coefficient (Wildman–Crippen LogP) is 2.23. The molecule has 0 amide bonds. The lowest BCUT2D eigenvalue weighted by atomic mass is 10.3. The van der Waals surface area contributed by atoms with Crippen LogP contribution in [0.2, 0.25) is 0 Å². The number of hydrogen-bond donors (Lipinski definition) is 0. The number of rotatable bonds is 5. The van der Waals surface area contributed by atoms with Gasteiger partial charge in [-0.05, 0) is 19.1 Å². The van der Waals surface area contributed by atoms with Gasteiger partial charge in [-0.1, -0.05) is 6.58 Å². The van der Waals surface area contributed by atoms with E-state index >= 15 is 0 Å². The molecule has 0 rings (SSSR count). The van der Waals surface area contributed by atoms with Gasteiger partial charge in [0.05, 0.1) is 21.3 Å². The fraction of sp³-hybridized carbons (Fsp3) is 0.400. The summed E-state index contributed by atoms with van der Waals surface area (Å²) in [7, 11) is 4.68. The number of ether oxygens (including phenoxy) is 3. The summed E-state index contributed by atoms with van der Waals surface area (Å²) in [6.45, 7) is 5.46. The molecule has 74 valence electrons. The van der Waals surface area contributed by atoms with Crippen molar-refractivity contribution in [1.82, 2.24) is 0 Å². The van der Waals surface area contributed by atoms with Gasteiger partial charge in [-0.25, -0.2) is 0 Å². The van der Waals surface area contributed by atoms with E-state index in [1.165, 1.54) is 0 Å². The zero-order valence-electron chi connectivity index (χ0n) is 8.59. The SMILES string of the molecule is C=C/C(OC)=C(OC)\C(=C/C)OC. The third-order valence-corrected chi connectivity index (χ3v) is 1.54. The van der Waals surface area contributed by atoms with Gasteiger partial charge >= 0.3 is 0 Å². The van der Waals surface area contributed by atoms with Gasteiger partial charge in [0.25, 0.3) is 0 Å². The lowest BCUT2D eigenvalue weighted by molar-refractivity contribution is 0.191. The van der Waals surface area contributed by atoms with Gasteiger partial charge in [-0.3, -0.25) is 0 Å². The van der Waals surface area contributed by atoms with Crippen LogP contribution in [0.1, 0.15) is 6.92 Å². The quantitative estimate of drug-likeness (QED) is 0.484. The molecule has 0 radical (unpaired) electrons. The Balaban J connectivity index is 5.05. The van der Waals surface area contributed by atoms with E-state index in [2.05, 4.69) is 6.58 Å². The Kier molecular flexibility index (Phi) is 5.52. The molecule has 0 saturated carbocycles. The van der Waals surface area contributed by atoms with Crippen LogP contribution in [-0.4, -0.2) is 21.3 Å². The van der Waals surface area contributed by atoms with Crippen LogP contribution in [0.5, 0.6) is 0 Å². The smallest absolute Gasteiger partial charge is 0.202 e. The molecular formula is C10H16O3. The Morgan fingerprint density at radius 2 is 1.69 bits per heavy atom. The topological polar surface area (TPSA) is 27.7 Å². The van der Waals surface area contributed by atoms with Crippen LogP contribution in [-0.2, 0) is 14.2 Å². The first-order valence-corrected chi connectivity index (χ1v) is 3.90. The summed E-state index contributed by atoms with van der Waals surface area (Å²) >= 11 is 0. The molecule has 0 aromatic rings. The van der Waals surface area contributed by atoms with Crippen LogP contribution in [0, 0.1) is 0 Å². The Hall–Kier alpha value is -1.38. The van der Waals surface area contributed by atoms with Crippen LogP contribution >= 0.6 is 0 Å². The summed E-state index contributed by atoms with van der Waals surface area (Å²) in [5.41, 5.74) is 0. The Labute approximate surface area is 79.3 Å². The maximum absolute atomic E-state index is 5.13. The normalized spacial score (nSPS) is 13.1. The average molecular weight is 184 g/mol. The predicted molar refractivity (Wildman–Crippen MR) is 52.0 cm³/mol. The van der Waals surface area contributed by atoms with Crippen molar-refractivity contribution in [3.8, 4) is 0 Å². The van der Waals surface area contributed by atoms with Gasteiger partial charge in [0.15, 0.2) is 11.5 Å². The van der Waals surface area contributed by atoms with Crippen LogP contribution < -0.4 is 0 Å². The maximum atomic E-state index is 5.13. The molecule has 0 heterocycles. The molecule has 0 saturated heterocycles. The van der Waals surface area contributed by atoms with Gasteiger partial charge in [-0.15, -0.1) is 0 Å². The van der Waals surface area contributed by atoms with Crippen molar-refractivity contribution in [2.45, 2.75) is 6.92 Å². The van der Waals surface area contributed by atoms with E-state index in [4.69, 9.17) is 14.2 Å². The summed E-state index contributed by atoms with van der Waals surface area (Å²) in [6.07, 6.45) is 3.36. The van der Waals surface area contributed by atoms with Gasteiger partial charge in [0, 0.05) is 0 Å². The minimum atomic E-state index is 0.544. The molecule has 0 atom stereocenters. The first-order chi connectivity index (χ1) is 6.24. The van der Waals surface area contributed by atoms with Gasteiger partial charge < -0.3 is 14.2 Å². The molecule has 13 heavy (non-hydrogen) atoms. The lowest BCUT2D eigenvalue weighted by Gasteiger charge is -2.12. The van der Waals surface area contributed by atoms with Gasteiger partial charge in [0.1, 0.15) is 0 Å². The van der Waals surface area contributed by atoms with Crippen molar-refractivity contribution in [1.29, 1.82) is 0 Å². The molecule has 0 spiro atoms. The Bertz CT molecular complexity index is 226. The minimum Gasteiger partial charge on any atom is -0.493 e. The second-order valence-electron chi connectivity index (χ2n) is 2.16. The molecule has 0 aliphatic rings. The molecule has 0 unspecified atom stereocenters. The zero-order valence-corrected chi connectivity index (χ0v) is 8.59. The van der Waals surface area contributed by atoms with Crippen molar-refractivity contribution in [3.63, 3.8) is 0 Å². The second kappa shape index (κ2) is 6.17. The highest BCUT2D eigenvalue weighted by atomic mass is 16.5. The highest BCUT2D eigenvalue weighted by Gasteiger charge is 2.10. The molecular weight excluding hydrogens is 168 g/mol. The van der Waals surface area contributed by atoms with E-state index in [1.807, 2.05) is 6.92 Å². The summed E-state index contributed by atoms with van der Waals surface area (Å²) in [4.78, 5) is 0. The van der Waals surface area contributed by atoms with E-state index in [0.717, 1.165) is 0 Å². The molecule has 3 nitrogen and oxygen atoms in total. The van der Waals surface area contributed by atoms with Crippen LogP contribution in [0.25, 0.3) is 0 Å². The fourth-order valence-electron chi connectivity index (χ4n) is 0.933. The van der Waals surface area contributed by atoms with Gasteiger partial charge in [-0.2, -0.15) is 0 Å². The third-order valence-electron chi connectivity index (χ3n) is 1.54. The van der Waals surface area contributed by atoms with Crippen molar-refractivity contribution in [2.24, 2.45) is 0 Å². The van der Waals surface area contributed by atoms with E-state index in [9.17, 15) is 0 Å². The molecule has 0 aliphatic carbocycles. The minimum absolute atomic E-state index is 0.544. The van der Waals surface area contributed by atoms with Crippen molar-refractivity contribution in [2.75, 3.05) is 21.3 Å². The number of methoxy groups -OCH3 is 3. The van der Waals surface area contributed by atoms with E-state index in [0.29, 0.717) is 17.3 Å². The Morgan fingerprint density at radius 3 is 1.92 bits per heavy atom. The van der Waals surface area contributed by atoms with Crippen molar-refractivity contribution in [3.05, 3.63) is 36.0 Å². The molecule has 0 N–H and O–H groups in total. The standard InChI is InChI=1S/C10H16O3/c1-6-8(11-3)10(13-5)9(7-2)12-4/h6-7H,1H2,2-5H3/b9-7+,10-8-. The highest BCUT2D eigenvalue weighted by Crippen LogP contribution is 2.17. The summed E-state index contributed by atoms with van der Waals surface area (Å²) in [5.74, 6) is 1.72. The molecule has 0 aromatic heterocycles. The van der Waals surface area contributed by atoms with Crippen LogP contribution in [0.3, 0.4) is 0 Å². The van der Waals surface area contributed by atoms with Gasteiger partial charge in [0.2, 0.25) is 5.76 Å². The second-order valence-corrected chi connectivity index (χ2v) is 2.16. The molecule has 3 heteroatoms. The van der Waals surface area contributed by atoms with E-state index in [-0.39, 0.29) is 0 Å². The van der Waals surface area contributed by atoms with Crippen LogP contribution in [0.15, 0.2) is 36.0 Å². The maximum Gasteiger partial charge on any atom is 0.202 e. The largest absolute Gasteiger partial charge is 0.493 e. The molecule has 0 aliphatic heterocycles. The zero-order chi connectivity index (χ0) is 10.3. The first kappa shape index (κ1) is 11.6. The first-order valence-electron chi connectivity index (χ1n) is 3.90. The monoisotopic (exact) mass is 184 g/mol.